The molecule has 8 aromatic carbocycles. The van der Waals surface area contributed by atoms with Gasteiger partial charge in [0.2, 0.25) is 0 Å². The van der Waals surface area contributed by atoms with Crippen molar-refractivity contribution in [3.63, 3.8) is 0 Å². The second-order valence-electron chi connectivity index (χ2n) is 15.1. The number of rotatable bonds is 6. The van der Waals surface area contributed by atoms with Crippen LogP contribution in [-0.4, -0.2) is 9.97 Å². The fourth-order valence-corrected chi connectivity index (χ4v) is 8.89. The van der Waals surface area contributed by atoms with Crippen LogP contribution in [0.15, 0.2) is 205 Å². The number of hydrogen-bond acceptors (Lipinski definition) is 3. The first kappa shape index (κ1) is 33.0. The summed E-state index contributed by atoms with van der Waals surface area (Å²) in [4.78, 5) is 10.4. The van der Waals surface area contributed by atoms with Gasteiger partial charge in [0.1, 0.15) is 11.2 Å². The van der Waals surface area contributed by atoms with E-state index in [9.17, 15) is 0 Å². The molecule has 0 aliphatic heterocycles. The molecule has 2 aromatic heterocycles. The van der Waals surface area contributed by atoms with Crippen LogP contribution < -0.4 is 0 Å². The summed E-state index contributed by atoms with van der Waals surface area (Å²) >= 11 is 0. The summed E-state index contributed by atoms with van der Waals surface area (Å²) in [6, 6.07) is 71.1. The first-order chi connectivity index (χ1) is 28.1. The molecule has 10 aromatic rings. The highest BCUT2D eigenvalue weighted by Gasteiger charge is 2.40. The van der Waals surface area contributed by atoms with Crippen LogP contribution in [-0.2, 0) is 5.41 Å². The summed E-state index contributed by atoms with van der Waals surface area (Å²) in [6.45, 7) is 2.36. The Morgan fingerprint density at radius 3 is 1.65 bits per heavy atom. The summed E-state index contributed by atoms with van der Waals surface area (Å²) < 4.78 is 6.09. The van der Waals surface area contributed by atoms with Gasteiger partial charge in [-0.05, 0) is 81.3 Å². The molecule has 11 rings (SSSR count). The third-order valence-corrected chi connectivity index (χ3v) is 11.8. The summed E-state index contributed by atoms with van der Waals surface area (Å²) in [7, 11) is 0. The van der Waals surface area contributed by atoms with Gasteiger partial charge in [-0.1, -0.05) is 176 Å². The zero-order chi connectivity index (χ0) is 37.9. The lowest BCUT2D eigenvalue weighted by Crippen LogP contribution is -2.22. The Morgan fingerprint density at radius 2 is 0.912 bits per heavy atom. The largest absolute Gasteiger partial charge is 0.456 e. The number of para-hydroxylation sites is 1. The molecule has 0 amide bonds. The quantitative estimate of drug-likeness (QED) is 0.171. The molecule has 0 saturated heterocycles. The average molecular weight is 729 g/mol. The zero-order valence-corrected chi connectivity index (χ0v) is 31.4. The molecule has 0 atom stereocenters. The Labute approximate surface area is 331 Å². The summed E-state index contributed by atoms with van der Waals surface area (Å²) in [5.74, 6) is 0.695. The molecule has 3 nitrogen and oxygen atoms in total. The van der Waals surface area contributed by atoms with E-state index in [1.165, 1.54) is 27.8 Å². The van der Waals surface area contributed by atoms with Crippen molar-refractivity contribution in [1.29, 1.82) is 0 Å². The van der Waals surface area contributed by atoms with E-state index < -0.39 is 0 Å². The van der Waals surface area contributed by atoms with Gasteiger partial charge in [-0.15, -0.1) is 0 Å². The molecule has 3 heteroatoms. The van der Waals surface area contributed by atoms with Crippen LogP contribution in [0, 0.1) is 0 Å². The lowest BCUT2D eigenvalue weighted by molar-refractivity contribution is 0.669. The highest BCUT2D eigenvalue weighted by atomic mass is 16.3. The highest BCUT2D eigenvalue weighted by Crippen LogP contribution is 2.52. The third-order valence-electron chi connectivity index (χ3n) is 11.8. The van der Waals surface area contributed by atoms with Gasteiger partial charge in [-0.3, -0.25) is 0 Å². The standard InChI is InChI=1S/C54H36N2O/c1-54(47-20-10-7-16-42(47)43-17-8-11-21-48(43)54)40-30-27-36(28-31-40)41-15-5-6-18-44(41)50-34-49(55-53(56-50)38-13-3-2-4-14-38)37-25-23-35(24-26-37)39-29-32-52-46(33-39)45-19-9-12-22-51(45)57-52/h2-34H,1H3. The molecular weight excluding hydrogens is 693 g/mol. The smallest absolute Gasteiger partial charge is 0.160 e. The van der Waals surface area contributed by atoms with Gasteiger partial charge >= 0.3 is 0 Å². The molecule has 1 aliphatic rings. The van der Waals surface area contributed by atoms with Gasteiger partial charge in [0.25, 0.3) is 0 Å². The highest BCUT2D eigenvalue weighted by molar-refractivity contribution is 6.06. The van der Waals surface area contributed by atoms with E-state index in [1.807, 2.05) is 30.3 Å². The minimum Gasteiger partial charge on any atom is -0.456 e. The van der Waals surface area contributed by atoms with Crippen LogP contribution in [0.25, 0.3) is 89.2 Å². The SMILES string of the molecule is CC1(c2ccc(-c3ccccc3-c3cc(-c4ccc(-c5ccc6oc7ccccc7c6c5)cc4)nc(-c4ccccc4)n3)cc2)c2ccccc2-c2ccccc21. The fraction of sp³-hybridized carbons (Fsp3) is 0.0370. The molecule has 2 heterocycles. The van der Waals surface area contributed by atoms with Gasteiger partial charge in [-0.2, -0.15) is 0 Å². The van der Waals surface area contributed by atoms with E-state index in [0.29, 0.717) is 5.82 Å². The monoisotopic (exact) mass is 728 g/mol. The first-order valence-corrected chi connectivity index (χ1v) is 19.5. The van der Waals surface area contributed by atoms with Gasteiger partial charge in [0.05, 0.1) is 11.4 Å². The van der Waals surface area contributed by atoms with E-state index in [0.717, 1.165) is 72.3 Å². The first-order valence-electron chi connectivity index (χ1n) is 19.5. The maximum Gasteiger partial charge on any atom is 0.160 e. The molecule has 0 unspecified atom stereocenters. The molecule has 0 N–H and O–H groups in total. The number of benzene rings is 8. The maximum absolute atomic E-state index is 6.09. The number of aromatic nitrogens is 2. The van der Waals surface area contributed by atoms with Crippen LogP contribution in [0.2, 0.25) is 0 Å². The number of furan rings is 1. The maximum atomic E-state index is 6.09. The molecule has 0 saturated carbocycles. The Balaban J connectivity index is 0.979. The molecule has 0 spiro atoms. The predicted octanol–water partition coefficient (Wildman–Crippen LogP) is 14.0. The van der Waals surface area contributed by atoms with Crippen molar-refractivity contribution < 1.29 is 4.42 Å². The Bertz CT molecular complexity index is 3080. The minimum atomic E-state index is -0.243. The Kier molecular flexibility index (Phi) is 7.61. The van der Waals surface area contributed by atoms with Crippen LogP contribution in [0.4, 0.5) is 0 Å². The predicted molar refractivity (Wildman–Crippen MR) is 234 cm³/mol. The topological polar surface area (TPSA) is 38.9 Å². The molecular formula is C54H36N2O. The van der Waals surface area contributed by atoms with E-state index in [1.54, 1.807) is 0 Å². The lowest BCUT2D eigenvalue weighted by Gasteiger charge is -2.28. The molecule has 1 aliphatic carbocycles. The normalized spacial score (nSPS) is 12.8. The molecule has 0 fully saturated rings. The molecule has 0 bridgehead atoms. The fourth-order valence-electron chi connectivity index (χ4n) is 8.89. The molecule has 57 heavy (non-hydrogen) atoms. The van der Waals surface area contributed by atoms with Crippen LogP contribution >= 0.6 is 0 Å². The van der Waals surface area contributed by atoms with Crippen LogP contribution in [0.5, 0.6) is 0 Å². The van der Waals surface area contributed by atoms with Gasteiger partial charge in [0.15, 0.2) is 5.82 Å². The van der Waals surface area contributed by atoms with Crippen molar-refractivity contribution in [3.8, 4) is 67.3 Å². The van der Waals surface area contributed by atoms with Crippen LogP contribution in [0.3, 0.4) is 0 Å². The Morgan fingerprint density at radius 1 is 0.368 bits per heavy atom. The van der Waals surface area contributed by atoms with Crippen molar-refractivity contribution in [2.45, 2.75) is 12.3 Å². The van der Waals surface area contributed by atoms with Crippen molar-refractivity contribution in [2.75, 3.05) is 0 Å². The summed E-state index contributed by atoms with van der Waals surface area (Å²) in [5, 5.41) is 2.25. The van der Waals surface area contributed by atoms with Gasteiger partial charge in [0, 0.05) is 32.9 Å². The zero-order valence-electron chi connectivity index (χ0n) is 31.4. The lowest BCUT2D eigenvalue weighted by atomic mass is 9.74. The van der Waals surface area contributed by atoms with E-state index >= 15 is 0 Å². The summed E-state index contributed by atoms with van der Waals surface area (Å²) in [5.41, 5.74) is 17.5. The van der Waals surface area contributed by atoms with E-state index in [2.05, 4.69) is 177 Å². The number of nitrogens with zero attached hydrogens (tertiary/aromatic N) is 2. The van der Waals surface area contributed by atoms with Crippen molar-refractivity contribution >= 4 is 21.9 Å². The Hall–Kier alpha value is -7.36. The summed E-state index contributed by atoms with van der Waals surface area (Å²) in [6.07, 6.45) is 0. The van der Waals surface area contributed by atoms with Gasteiger partial charge < -0.3 is 4.42 Å². The van der Waals surface area contributed by atoms with Gasteiger partial charge in [-0.25, -0.2) is 9.97 Å². The number of hydrogen-bond donors (Lipinski definition) is 0. The number of fused-ring (bicyclic) bond motifs is 6. The van der Waals surface area contributed by atoms with Crippen molar-refractivity contribution in [3.05, 3.63) is 217 Å². The van der Waals surface area contributed by atoms with Crippen molar-refractivity contribution in [1.82, 2.24) is 9.97 Å². The second-order valence-corrected chi connectivity index (χ2v) is 15.1. The van der Waals surface area contributed by atoms with E-state index in [4.69, 9.17) is 14.4 Å². The van der Waals surface area contributed by atoms with Crippen molar-refractivity contribution in [2.24, 2.45) is 0 Å². The molecule has 268 valence electrons. The van der Waals surface area contributed by atoms with E-state index in [-0.39, 0.29) is 5.41 Å². The van der Waals surface area contributed by atoms with Crippen LogP contribution in [0.1, 0.15) is 23.6 Å². The molecule has 0 radical (unpaired) electrons. The average Bonchev–Trinajstić information content (AvgIpc) is 3.79. The minimum absolute atomic E-state index is 0.243. The second kappa shape index (κ2) is 13.1. The third kappa shape index (κ3) is 5.43.